The molecule has 2 aromatic rings. The van der Waals surface area contributed by atoms with E-state index in [2.05, 4.69) is 15.4 Å². The van der Waals surface area contributed by atoms with Crippen LogP contribution in [0.25, 0.3) is 11.3 Å². The van der Waals surface area contributed by atoms with Crippen molar-refractivity contribution in [3.8, 4) is 11.3 Å². The van der Waals surface area contributed by atoms with Crippen LogP contribution in [0.5, 0.6) is 0 Å². The lowest BCUT2D eigenvalue weighted by Gasteiger charge is -2.07. The molecule has 94 valence electrons. The number of ketones is 1. The molecule has 18 heavy (non-hydrogen) atoms. The Morgan fingerprint density at radius 1 is 1.28 bits per heavy atom. The van der Waals surface area contributed by atoms with Crippen LogP contribution in [0, 0.1) is 0 Å². The number of nitrogens with one attached hydrogen (secondary N) is 1. The van der Waals surface area contributed by atoms with Crippen LogP contribution in [0.2, 0.25) is 0 Å². The van der Waals surface area contributed by atoms with E-state index in [1.807, 2.05) is 0 Å². The van der Waals surface area contributed by atoms with Gasteiger partial charge in [-0.15, -0.1) is 0 Å². The summed E-state index contributed by atoms with van der Waals surface area (Å²) in [6.07, 6.45) is -4.43. The normalized spacial score (nSPS) is 11.6. The summed E-state index contributed by atoms with van der Waals surface area (Å²) in [5, 5.41) is 9.56. The minimum absolute atomic E-state index is 0.0225. The van der Waals surface area contributed by atoms with E-state index < -0.39 is 11.7 Å². The first-order chi connectivity index (χ1) is 8.39. The Bertz CT molecular complexity index is 589. The van der Waals surface area contributed by atoms with Gasteiger partial charge in [-0.05, 0) is 12.1 Å². The molecule has 0 spiro atoms. The van der Waals surface area contributed by atoms with Crippen molar-refractivity contribution in [1.82, 2.24) is 15.4 Å². The maximum absolute atomic E-state index is 12.6. The predicted octanol–water partition coefficient (Wildman–Crippen LogP) is 2.69. The molecular formula is C11H8F3N3O. The molecule has 2 rings (SSSR count). The number of Topliss-reactive ketones (excluding diaryl/α,β-unsaturated/α-hetero) is 1. The van der Waals surface area contributed by atoms with E-state index in [0.29, 0.717) is 0 Å². The minimum atomic E-state index is -4.43. The average molecular weight is 255 g/mol. The fourth-order valence-corrected chi connectivity index (χ4v) is 1.52. The van der Waals surface area contributed by atoms with Crippen LogP contribution in [0.15, 0.2) is 24.3 Å². The van der Waals surface area contributed by atoms with E-state index >= 15 is 0 Å². The zero-order valence-electron chi connectivity index (χ0n) is 9.25. The lowest BCUT2D eigenvalue weighted by molar-refractivity contribution is -0.137. The molecule has 0 amide bonds. The number of carbonyl (C=O) groups excluding carboxylic acids is 1. The van der Waals surface area contributed by atoms with Crippen molar-refractivity contribution in [3.05, 3.63) is 35.5 Å². The van der Waals surface area contributed by atoms with E-state index in [9.17, 15) is 18.0 Å². The number of carbonyl (C=O) groups is 1. The van der Waals surface area contributed by atoms with Crippen LogP contribution < -0.4 is 0 Å². The maximum Gasteiger partial charge on any atom is 0.416 e. The molecule has 0 saturated carbocycles. The highest BCUT2D eigenvalue weighted by Gasteiger charge is 2.31. The number of hydrogen-bond donors (Lipinski definition) is 1. The summed E-state index contributed by atoms with van der Waals surface area (Å²) in [6.45, 7) is 1.27. The summed E-state index contributed by atoms with van der Waals surface area (Å²) < 4.78 is 37.7. The molecule has 0 atom stereocenters. The van der Waals surface area contributed by atoms with E-state index in [1.54, 1.807) is 0 Å². The van der Waals surface area contributed by atoms with Crippen LogP contribution in [0.4, 0.5) is 13.2 Å². The van der Waals surface area contributed by atoms with Gasteiger partial charge in [-0.25, -0.2) is 0 Å². The van der Waals surface area contributed by atoms with E-state index in [1.165, 1.54) is 19.1 Å². The quantitative estimate of drug-likeness (QED) is 0.839. The molecular weight excluding hydrogens is 247 g/mol. The zero-order chi connectivity index (χ0) is 13.3. The van der Waals surface area contributed by atoms with Crippen LogP contribution in [0.3, 0.4) is 0 Å². The van der Waals surface area contributed by atoms with Crippen molar-refractivity contribution in [2.45, 2.75) is 13.1 Å². The Hall–Kier alpha value is -2.18. The summed E-state index contributed by atoms with van der Waals surface area (Å²) in [5.74, 6) is -0.365. The van der Waals surface area contributed by atoms with Gasteiger partial charge in [-0.2, -0.15) is 28.6 Å². The zero-order valence-corrected chi connectivity index (χ0v) is 9.25. The number of nitrogens with zero attached hydrogens (tertiary/aromatic N) is 2. The lowest BCUT2D eigenvalue weighted by Crippen LogP contribution is -2.05. The number of aromatic nitrogens is 3. The third-order valence-corrected chi connectivity index (χ3v) is 2.34. The predicted molar refractivity (Wildman–Crippen MR) is 56.8 cm³/mol. The Morgan fingerprint density at radius 3 is 2.61 bits per heavy atom. The molecule has 1 N–H and O–H groups in total. The number of halogens is 3. The second-order valence-corrected chi connectivity index (χ2v) is 3.66. The molecule has 0 aliphatic carbocycles. The molecule has 1 aromatic carbocycles. The highest BCUT2D eigenvalue weighted by Crippen LogP contribution is 2.32. The van der Waals surface area contributed by atoms with E-state index in [0.717, 1.165) is 12.1 Å². The molecule has 0 saturated heterocycles. The van der Waals surface area contributed by atoms with E-state index in [4.69, 9.17) is 0 Å². The second kappa shape index (κ2) is 4.25. The Morgan fingerprint density at radius 2 is 2.00 bits per heavy atom. The molecule has 1 aromatic heterocycles. The molecule has 0 unspecified atom stereocenters. The first-order valence-corrected chi connectivity index (χ1v) is 4.99. The van der Waals surface area contributed by atoms with Crippen molar-refractivity contribution in [1.29, 1.82) is 0 Å². The van der Waals surface area contributed by atoms with Gasteiger partial charge in [0.2, 0.25) is 0 Å². The topological polar surface area (TPSA) is 58.6 Å². The molecule has 0 fully saturated rings. The van der Waals surface area contributed by atoms with Crippen molar-refractivity contribution in [2.24, 2.45) is 0 Å². The van der Waals surface area contributed by atoms with Gasteiger partial charge in [0.1, 0.15) is 5.69 Å². The minimum Gasteiger partial charge on any atom is -0.293 e. The number of alkyl halides is 3. The fraction of sp³-hybridized carbons (Fsp3) is 0.182. The first-order valence-electron chi connectivity index (χ1n) is 4.99. The standard InChI is InChI=1S/C11H8F3N3O/c1-6(18)9-10(16-17-15-9)7-3-2-4-8(5-7)11(12,13)14/h2-5H,1H3,(H,15,16,17). The Balaban J connectivity index is 2.52. The summed E-state index contributed by atoms with van der Waals surface area (Å²) in [4.78, 5) is 11.2. The molecule has 4 nitrogen and oxygen atoms in total. The largest absolute Gasteiger partial charge is 0.416 e. The number of rotatable bonds is 2. The molecule has 0 radical (unpaired) electrons. The third kappa shape index (κ3) is 2.24. The highest BCUT2D eigenvalue weighted by molar-refractivity contribution is 5.97. The van der Waals surface area contributed by atoms with Gasteiger partial charge >= 0.3 is 6.18 Å². The van der Waals surface area contributed by atoms with Crippen molar-refractivity contribution in [2.75, 3.05) is 0 Å². The fourth-order valence-electron chi connectivity index (χ4n) is 1.52. The Labute approximate surface area is 99.8 Å². The van der Waals surface area contributed by atoms with Crippen molar-refractivity contribution in [3.63, 3.8) is 0 Å². The Kier molecular flexibility index (Phi) is 2.90. The smallest absolute Gasteiger partial charge is 0.293 e. The maximum atomic E-state index is 12.6. The van der Waals surface area contributed by atoms with Gasteiger partial charge < -0.3 is 0 Å². The van der Waals surface area contributed by atoms with Gasteiger partial charge in [0.15, 0.2) is 11.5 Å². The number of hydrogen-bond acceptors (Lipinski definition) is 3. The highest BCUT2D eigenvalue weighted by atomic mass is 19.4. The molecule has 0 bridgehead atoms. The lowest BCUT2D eigenvalue weighted by atomic mass is 10.1. The van der Waals surface area contributed by atoms with Gasteiger partial charge in [-0.3, -0.25) is 4.79 Å². The molecule has 7 heteroatoms. The van der Waals surface area contributed by atoms with Gasteiger partial charge in [0.25, 0.3) is 0 Å². The number of aromatic amines is 1. The number of benzene rings is 1. The molecule has 0 aliphatic heterocycles. The van der Waals surface area contributed by atoms with Crippen LogP contribution in [-0.4, -0.2) is 21.2 Å². The van der Waals surface area contributed by atoms with Gasteiger partial charge in [0, 0.05) is 12.5 Å². The van der Waals surface area contributed by atoms with Crippen molar-refractivity contribution < 1.29 is 18.0 Å². The molecule has 1 heterocycles. The second-order valence-electron chi connectivity index (χ2n) is 3.66. The average Bonchev–Trinajstić information content (AvgIpc) is 2.77. The van der Waals surface area contributed by atoms with Crippen molar-refractivity contribution >= 4 is 5.78 Å². The monoisotopic (exact) mass is 255 g/mol. The SMILES string of the molecule is CC(=O)c1n[nH]nc1-c1cccc(C(F)(F)F)c1. The van der Waals surface area contributed by atoms with Crippen LogP contribution in [0.1, 0.15) is 23.0 Å². The van der Waals surface area contributed by atoms with E-state index in [-0.39, 0.29) is 22.7 Å². The first kappa shape index (κ1) is 12.3. The summed E-state index contributed by atoms with van der Waals surface area (Å²) in [7, 11) is 0. The number of H-pyrrole nitrogens is 1. The van der Waals surface area contributed by atoms with Crippen LogP contribution >= 0.6 is 0 Å². The summed E-state index contributed by atoms with van der Waals surface area (Å²) in [6, 6.07) is 4.59. The summed E-state index contributed by atoms with van der Waals surface area (Å²) >= 11 is 0. The van der Waals surface area contributed by atoms with Crippen LogP contribution in [-0.2, 0) is 6.18 Å². The molecule has 0 aliphatic rings. The van der Waals surface area contributed by atoms with Gasteiger partial charge in [0.05, 0.1) is 5.56 Å². The summed E-state index contributed by atoms with van der Waals surface area (Å²) in [5.41, 5.74) is -0.454. The van der Waals surface area contributed by atoms with Gasteiger partial charge in [-0.1, -0.05) is 12.1 Å². The third-order valence-electron chi connectivity index (χ3n) is 2.34.